The molecule has 1 aliphatic carbocycles. The number of anilines is 1. The molecule has 0 spiro atoms. The van der Waals surface area contributed by atoms with E-state index in [-0.39, 0.29) is 6.03 Å². The second-order valence-corrected chi connectivity index (χ2v) is 3.94. The zero-order chi connectivity index (χ0) is 11.5. The average Bonchev–Trinajstić information content (AvgIpc) is 3.12. The van der Waals surface area contributed by atoms with Crippen molar-refractivity contribution in [2.45, 2.75) is 18.9 Å². The zero-order valence-corrected chi connectivity index (χ0v) is 9.10. The van der Waals surface area contributed by atoms with Crippen LogP contribution in [-0.4, -0.2) is 19.1 Å². The molecule has 1 saturated carbocycles. The molecule has 1 aliphatic rings. The van der Waals surface area contributed by atoms with Crippen molar-refractivity contribution >= 4 is 11.7 Å². The third kappa shape index (κ3) is 2.31. The molecule has 0 unspecified atom stereocenters. The van der Waals surface area contributed by atoms with Gasteiger partial charge in [0.15, 0.2) is 0 Å². The zero-order valence-electron chi connectivity index (χ0n) is 9.10. The van der Waals surface area contributed by atoms with Crippen molar-refractivity contribution in [1.29, 1.82) is 5.26 Å². The van der Waals surface area contributed by atoms with Crippen LogP contribution in [0.3, 0.4) is 0 Å². The minimum atomic E-state index is -0.0905. The molecule has 0 aromatic heterocycles. The molecule has 2 amide bonds. The first-order valence-electron chi connectivity index (χ1n) is 5.25. The lowest BCUT2D eigenvalue weighted by Crippen LogP contribution is -2.38. The third-order valence-corrected chi connectivity index (χ3v) is 2.59. The summed E-state index contributed by atoms with van der Waals surface area (Å²) in [5.41, 5.74) is 1.39. The smallest absolute Gasteiger partial charge is 0.321 e. The van der Waals surface area contributed by atoms with Gasteiger partial charge in [0.25, 0.3) is 0 Å². The van der Waals surface area contributed by atoms with Crippen molar-refractivity contribution in [2.75, 3.05) is 11.9 Å². The number of hydrogen-bond donors (Lipinski definition) is 1. The fourth-order valence-corrected chi connectivity index (χ4v) is 1.38. The van der Waals surface area contributed by atoms with Gasteiger partial charge in [-0.1, -0.05) is 0 Å². The molecule has 1 aromatic rings. The van der Waals surface area contributed by atoms with E-state index in [4.69, 9.17) is 5.26 Å². The summed E-state index contributed by atoms with van der Waals surface area (Å²) in [7, 11) is 1.72. The van der Waals surface area contributed by atoms with Crippen LogP contribution in [0.5, 0.6) is 0 Å². The van der Waals surface area contributed by atoms with Gasteiger partial charge in [-0.05, 0) is 37.1 Å². The van der Waals surface area contributed by atoms with E-state index >= 15 is 0 Å². The lowest BCUT2D eigenvalue weighted by Gasteiger charge is -2.17. The Balaban J connectivity index is 2.04. The van der Waals surface area contributed by atoms with Gasteiger partial charge in [0.05, 0.1) is 11.6 Å². The molecule has 82 valence electrons. The van der Waals surface area contributed by atoms with Gasteiger partial charge in [-0.25, -0.2) is 4.79 Å². The van der Waals surface area contributed by atoms with E-state index < -0.39 is 0 Å². The Hall–Kier alpha value is -2.02. The Morgan fingerprint density at radius 1 is 1.44 bits per heavy atom. The molecule has 16 heavy (non-hydrogen) atoms. The Morgan fingerprint density at radius 2 is 2.06 bits per heavy atom. The van der Waals surface area contributed by atoms with Crippen LogP contribution in [0.25, 0.3) is 0 Å². The number of amides is 2. The van der Waals surface area contributed by atoms with E-state index in [9.17, 15) is 4.79 Å². The molecular formula is C12H13N3O. The largest absolute Gasteiger partial charge is 0.335 e. The van der Waals surface area contributed by atoms with Crippen LogP contribution in [0, 0.1) is 11.3 Å². The number of hydrogen-bond acceptors (Lipinski definition) is 2. The molecule has 1 aromatic carbocycles. The van der Waals surface area contributed by atoms with Crippen LogP contribution in [0.2, 0.25) is 0 Å². The van der Waals surface area contributed by atoms with Gasteiger partial charge in [0.2, 0.25) is 0 Å². The van der Waals surface area contributed by atoms with Crippen LogP contribution in [0.4, 0.5) is 10.5 Å². The molecule has 1 fully saturated rings. The maximum atomic E-state index is 11.7. The maximum absolute atomic E-state index is 11.7. The number of carbonyl (C=O) groups excluding carboxylic acids is 1. The number of rotatable bonds is 2. The molecule has 2 rings (SSSR count). The lowest BCUT2D eigenvalue weighted by atomic mass is 10.2. The van der Waals surface area contributed by atoms with Crippen LogP contribution < -0.4 is 10.2 Å². The monoisotopic (exact) mass is 215 g/mol. The van der Waals surface area contributed by atoms with Crippen molar-refractivity contribution < 1.29 is 4.79 Å². The van der Waals surface area contributed by atoms with Crippen molar-refractivity contribution in [3.8, 4) is 6.07 Å². The van der Waals surface area contributed by atoms with Gasteiger partial charge in [-0.15, -0.1) is 0 Å². The van der Waals surface area contributed by atoms with Gasteiger partial charge < -0.3 is 5.32 Å². The summed E-state index contributed by atoms with van der Waals surface area (Å²) in [6.07, 6.45) is 2.15. The van der Waals surface area contributed by atoms with Crippen LogP contribution in [0.1, 0.15) is 18.4 Å². The highest BCUT2D eigenvalue weighted by Gasteiger charge is 2.24. The van der Waals surface area contributed by atoms with Gasteiger partial charge >= 0.3 is 6.03 Å². The van der Waals surface area contributed by atoms with E-state index in [1.807, 2.05) is 6.07 Å². The fourth-order valence-electron chi connectivity index (χ4n) is 1.38. The van der Waals surface area contributed by atoms with Gasteiger partial charge in [0, 0.05) is 18.8 Å². The quantitative estimate of drug-likeness (QED) is 0.818. The second-order valence-electron chi connectivity index (χ2n) is 3.94. The summed E-state index contributed by atoms with van der Waals surface area (Å²) in [5, 5.41) is 11.6. The molecule has 0 atom stereocenters. The molecule has 0 saturated heterocycles. The van der Waals surface area contributed by atoms with E-state index in [0.717, 1.165) is 18.5 Å². The summed E-state index contributed by atoms with van der Waals surface area (Å²) in [4.78, 5) is 13.3. The fraction of sp³-hybridized carbons (Fsp3) is 0.333. The number of nitriles is 1. The lowest BCUT2D eigenvalue weighted by molar-refractivity contribution is 0.247. The molecule has 0 radical (unpaired) electrons. The average molecular weight is 215 g/mol. The molecule has 0 bridgehead atoms. The minimum absolute atomic E-state index is 0.0905. The Kier molecular flexibility index (Phi) is 2.78. The molecule has 4 nitrogen and oxygen atoms in total. The van der Waals surface area contributed by atoms with Crippen LogP contribution in [-0.2, 0) is 0 Å². The summed E-state index contributed by atoms with van der Waals surface area (Å²) >= 11 is 0. The van der Waals surface area contributed by atoms with Crippen molar-refractivity contribution in [3.63, 3.8) is 0 Å². The van der Waals surface area contributed by atoms with Crippen molar-refractivity contribution in [1.82, 2.24) is 5.32 Å². The summed E-state index contributed by atoms with van der Waals surface area (Å²) in [5.74, 6) is 0. The third-order valence-electron chi connectivity index (χ3n) is 2.59. The first-order chi connectivity index (χ1) is 7.70. The second kappa shape index (κ2) is 4.23. The molecule has 4 heteroatoms. The summed E-state index contributed by atoms with van der Waals surface area (Å²) < 4.78 is 0. The molecule has 0 aliphatic heterocycles. The standard InChI is InChI=1S/C12H13N3O/c1-15(12(16)14-10-4-5-10)11-6-2-9(8-13)3-7-11/h2-3,6-7,10H,4-5H2,1H3,(H,14,16). The molecule has 1 N–H and O–H groups in total. The van der Waals surface area contributed by atoms with Crippen molar-refractivity contribution in [3.05, 3.63) is 29.8 Å². The van der Waals surface area contributed by atoms with E-state index in [1.54, 1.807) is 36.2 Å². The summed E-state index contributed by atoms with van der Waals surface area (Å²) in [6.45, 7) is 0. The first kappa shape index (κ1) is 10.5. The normalized spacial score (nSPS) is 14.0. The number of benzene rings is 1. The molecule has 0 heterocycles. The molecular weight excluding hydrogens is 202 g/mol. The van der Waals surface area contributed by atoms with Crippen LogP contribution >= 0.6 is 0 Å². The van der Waals surface area contributed by atoms with Crippen molar-refractivity contribution in [2.24, 2.45) is 0 Å². The first-order valence-corrected chi connectivity index (χ1v) is 5.25. The minimum Gasteiger partial charge on any atom is -0.335 e. The predicted molar refractivity (Wildman–Crippen MR) is 61.1 cm³/mol. The van der Waals surface area contributed by atoms with E-state index in [0.29, 0.717) is 11.6 Å². The number of carbonyl (C=O) groups is 1. The maximum Gasteiger partial charge on any atom is 0.321 e. The predicted octanol–water partition coefficient (Wildman–Crippen LogP) is 1.87. The van der Waals surface area contributed by atoms with Gasteiger partial charge in [-0.2, -0.15) is 5.26 Å². The highest BCUT2D eigenvalue weighted by atomic mass is 16.2. The Bertz CT molecular complexity index is 429. The topological polar surface area (TPSA) is 56.1 Å². The highest BCUT2D eigenvalue weighted by molar-refractivity contribution is 5.91. The Morgan fingerprint density at radius 3 is 2.56 bits per heavy atom. The van der Waals surface area contributed by atoms with E-state index in [2.05, 4.69) is 5.32 Å². The highest BCUT2D eigenvalue weighted by Crippen LogP contribution is 2.20. The van der Waals surface area contributed by atoms with Gasteiger partial charge in [0.1, 0.15) is 0 Å². The van der Waals surface area contributed by atoms with Gasteiger partial charge in [-0.3, -0.25) is 4.90 Å². The van der Waals surface area contributed by atoms with Crippen LogP contribution in [0.15, 0.2) is 24.3 Å². The SMILES string of the molecule is CN(C(=O)NC1CC1)c1ccc(C#N)cc1. The van der Waals surface area contributed by atoms with E-state index in [1.165, 1.54) is 0 Å². The number of urea groups is 1. The number of nitrogens with one attached hydrogen (secondary N) is 1. The summed E-state index contributed by atoms with van der Waals surface area (Å²) in [6, 6.07) is 9.26. The Labute approximate surface area is 94.5 Å². The number of nitrogens with zero attached hydrogens (tertiary/aromatic N) is 2.